The van der Waals surface area contributed by atoms with Crippen LogP contribution in [0.2, 0.25) is 10.0 Å². The van der Waals surface area contributed by atoms with Crippen LogP contribution in [-0.2, 0) is 21.5 Å². The van der Waals surface area contributed by atoms with Crippen LogP contribution < -0.4 is 14.2 Å². The average Bonchev–Trinajstić information content (AvgIpc) is 3.45. The fraction of sp³-hybridized carbons (Fsp3) is 0.267. The van der Waals surface area contributed by atoms with Gasteiger partial charge in [-0.05, 0) is 46.4 Å². The van der Waals surface area contributed by atoms with Gasteiger partial charge in [-0.25, -0.2) is 0 Å². The van der Waals surface area contributed by atoms with Crippen molar-refractivity contribution < 1.29 is 28.9 Å². The lowest BCUT2D eigenvalue weighted by molar-refractivity contribution is -0.140. The molecule has 1 atom stereocenters. The van der Waals surface area contributed by atoms with Crippen molar-refractivity contribution in [1.29, 1.82) is 0 Å². The maximum Gasteiger partial charge on any atom is 0.295 e. The fourth-order valence-electron chi connectivity index (χ4n) is 4.88. The van der Waals surface area contributed by atoms with Crippen LogP contribution in [-0.4, -0.2) is 35.6 Å². The van der Waals surface area contributed by atoms with E-state index < -0.39 is 23.5 Å². The first-order chi connectivity index (χ1) is 18.5. The number of nitrogens with zero attached hydrogens (tertiary/aromatic N) is 1. The lowest BCUT2D eigenvalue weighted by Crippen LogP contribution is -2.29. The van der Waals surface area contributed by atoms with Gasteiger partial charge in [-0.15, -0.1) is 0 Å². The zero-order chi connectivity index (χ0) is 28.1. The highest BCUT2D eigenvalue weighted by molar-refractivity contribution is 6.46. The number of amides is 1. The van der Waals surface area contributed by atoms with Gasteiger partial charge in [0.25, 0.3) is 11.7 Å². The van der Waals surface area contributed by atoms with E-state index in [1.54, 1.807) is 12.1 Å². The number of hydrogen-bond donors (Lipinski definition) is 1. The molecule has 0 aromatic heterocycles. The summed E-state index contributed by atoms with van der Waals surface area (Å²) in [5.74, 6) is -0.675. The third-order valence-electron chi connectivity index (χ3n) is 6.89. The molecule has 2 heterocycles. The monoisotopic (exact) mass is 567 g/mol. The SMILES string of the molecule is COc1c(Cl)cc(Cl)cc1/C(O)=C1\C(=O)C(=O)N(Cc2ccc3c(c2)OCO3)C1c1ccc(C(C)(C)C)cc1. The number of aliphatic hydroxyl groups excluding tert-OH is 1. The zero-order valence-electron chi connectivity index (χ0n) is 21.9. The molecule has 9 heteroatoms. The molecule has 0 radical (unpaired) electrons. The third-order valence-corrected chi connectivity index (χ3v) is 7.39. The molecule has 2 aliphatic rings. The van der Waals surface area contributed by atoms with Crippen molar-refractivity contribution >= 4 is 40.7 Å². The standard InChI is InChI=1S/C30H27Cl2NO6/c1-30(2,3)18-8-6-17(7-9-18)25-24(26(34)20-12-19(31)13-21(32)28(20)37-4)27(35)29(36)33(25)14-16-5-10-22-23(11-16)39-15-38-22/h5-13,25,34H,14-15H2,1-4H3/b26-24+. The molecule has 7 nitrogen and oxygen atoms in total. The quantitative estimate of drug-likeness (QED) is 0.211. The number of methoxy groups -OCH3 is 1. The third kappa shape index (κ3) is 4.92. The maximum atomic E-state index is 13.5. The number of carbonyl (C=O) groups excluding carboxylic acids is 2. The van der Waals surface area contributed by atoms with Crippen molar-refractivity contribution in [2.45, 2.75) is 38.8 Å². The summed E-state index contributed by atoms with van der Waals surface area (Å²) in [5.41, 5.74) is 2.42. The van der Waals surface area contributed by atoms with E-state index in [4.69, 9.17) is 37.4 Å². The molecule has 0 aliphatic carbocycles. The Labute approximate surface area is 236 Å². The van der Waals surface area contributed by atoms with E-state index in [9.17, 15) is 14.7 Å². The van der Waals surface area contributed by atoms with Crippen LogP contribution >= 0.6 is 23.2 Å². The van der Waals surface area contributed by atoms with E-state index >= 15 is 0 Å². The molecule has 0 saturated carbocycles. The van der Waals surface area contributed by atoms with E-state index in [0.717, 1.165) is 11.1 Å². The molecule has 1 fully saturated rings. The summed E-state index contributed by atoms with van der Waals surface area (Å²) in [5, 5.41) is 11.9. The molecule has 202 valence electrons. The van der Waals surface area contributed by atoms with Crippen molar-refractivity contribution in [3.8, 4) is 17.2 Å². The largest absolute Gasteiger partial charge is 0.507 e. The topological polar surface area (TPSA) is 85.3 Å². The van der Waals surface area contributed by atoms with Gasteiger partial charge in [0.15, 0.2) is 11.5 Å². The van der Waals surface area contributed by atoms with Gasteiger partial charge in [-0.3, -0.25) is 9.59 Å². The molecule has 3 aromatic rings. The number of likely N-dealkylation sites (tertiary alicyclic amines) is 1. The van der Waals surface area contributed by atoms with Gasteiger partial charge in [-0.2, -0.15) is 0 Å². The van der Waals surface area contributed by atoms with Gasteiger partial charge in [0.1, 0.15) is 11.5 Å². The van der Waals surface area contributed by atoms with Gasteiger partial charge >= 0.3 is 0 Å². The van der Waals surface area contributed by atoms with Crippen LogP contribution in [0, 0.1) is 0 Å². The van der Waals surface area contributed by atoms with Crippen LogP contribution in [0.1, 0.15) is 49.1 Å². The minimum absolute atomic E-state index is 0.0825. The van der Waals surface area contributed by atoms with Crippen LogP contribution in [0.5, 0.6) is 17.2 Å². The second kappa shape index (κ2) is 10.1. The summed E-state index contributed by atoms with van der Waals surface area (Å²) in [6.45, 7) is 6.51. The summed E-state index contributed by atoms with van der Waals surface area (Å²) in [4.78, 5) is 28.4. The molecule has 1 unspecified atom stereocenters. The highest BCUT2D eigenvalue weighted by atomic mass is 35.5. The number of Topliss-reactive ketones (excluding diaryl/α,β-unsaturated/α-hetero) is 1. The van der Waals surface area contributed by atoms with Gasteiger partial charge < -0.3 is 24.2 Å². The first kappa shape index (κ1) is 26.9. The Morgan fingerprint density at radius 3 is 2.38 bits per heavy atom. The normalized spacial score (nSPS) is 18.1. The number of ether oxygens (including phenoxy) is 3. The Kier molecular flexibility index (Phi) is 6.99. The zero-order valence-corrected chi connectivity index (χ0v) is 23.4. The Bertz CT molecular complexity index is 1510. The molecule has 0 bridgehead atoms. The molecule has 3 aromatic carbocycles. The Balaban J connectivity index is 1.67. The number of halogens is 2. The van der Waals surface area contributed by atoms with E-state index in [1.165, 1.54) is 24.1 Å². The molecule has 5 rings (SSSR count). The number of rotatable bonds is 5. The summed E-state index contributed by atoms with van der Waals surface area (Å²) in [7, 11) is 1.40. The van der Waals surface area contributed by atoms with Gasteiger partial charge in [0.05, 0.1) is 29.3 Å². The molecule has 1 N–H and O–H groups in total. The molecule has 1 amide bonds. The number of fused-ring (bicyclic) bond motifs is 1. The highest BCUT2D eigenvalue weighted by Gasteiger charge is 2.46. The predicted octanol–water partition coefficient (Wildman–Crippen LogP) is 6.65. The highest BCUT2D eigenvalue weighted by Crippen LogP contribution is 2.44. The van der Waals surface area contributed by atoms with Crippen LogP contribution in [0.4, 0.5) is 0 Å². The first-order valence-electron chi connectivity index (χ1n) is 12.3. The summed E-state index contributed by atoms with van der Waals surface area (Å²) >= 11 is 12.6. The smallest absolute Gasteiger partial charge is 0.295 e. The van der Waals surface area contributed by atoms with Crippen molar-refractivity contribution in [3.05, 3.63) is 92.5 Å². The first-order valence-corrected chi connectivity index (χ1v) is 13.1. The number of hydrogen-bond acceptors (Lipinski definition) is 6. The molecule has 2 aliphatic heterocycles. The number of ketones is 1. The van der Waals surface area contributed by atoms with E-state index in [2.05, 4.69) is 20.8 Å². The minimum atomic E-state index is -0.882. The van der Waals surface area contributed by atoms with Gasteiger partial charge in [0, 0.05) is 11.6 Å². The summed E-state index contributed by atoms with van der Waals surface area (Å²) < 4.78 is 16.3. The lowest BCUT2D eigenvalue weighted by Gasteiger charge is -2.27. The van der Waals surface area contributed by atoms with Gasteiger partial charge in [0.2, 0.25) is 6.79 Å². The van der Waals surface area contributed by atoms with Crippen molar-refractivity contribution in [3.63, 3.8) is 0 Å². The molecule has 39 heavy (non-hydrogen) atoms. The molecule has 1 saturated heterocycles. The molecular formula is C30H27Cl2NO6. The predicted molar refractivity (Wildman–Crippen MR) is 149 cm³/mol. The Morgan fingerprint density at radius 1 is 1.03 bits per heavy atom. The van der Waals surface area contributed by atoms with E-state index in [1.807, 2.05) is 30.3 Å². The summed E-state index contributed by atoms with van der Waals surface area (Å²) in [6.07, 6.45) is 0. The average molecular weight is 568 g/mol. The maximum absolute atomic E-state index is 13.5. The van der Waals surface area contributed by atoms with Crippen LogP contribution in [0.15, 0.2) is 60.2 Å². The fourth-order valence-corrected chi connectivity index (χ4v) is 5.45. The van der Waals surface area contributed by atoms with Crippen molar-refractivity contribution in [1.82, 2.24) is 4.90 Å². The van der Waals surface area contributed by atoms with Gasteiger partial charge in [-0.1, -0.05) is 74.3 Å². The number of aliphatic hydroxyl groups is 1. The molecule has 0 spiro atoms. The second-order valence-corrected chi connectivity index (χ2v) is 11.3. The Morgan fingerprint density at radius 2 is 1.72 bits per heavy atom. The Hall–Kier alpha value is -3.68. The van der Waals surface area contributed by atoms with Crippen LogP contribution in [0.25, 0.3) is 5.76 Å². The number of benzene rings is 3. The number of carbonyl (C=O) groups is 2. The van der Waals surface area contributed by atoms with E-state index in [0.29, 0.717) is 17.1 Å². The summed E-state index contributed by atoms with van der Waals surface area (Å²) in [6, 6.07) is 15.1. The van der Waals surface area contributed by atoms with E-state index in [-0.39, 0.29) is 45.7 Å². The van der Waals surface area contributed by atoms with Crippen molar-refractivity contribution in [2.75, 3.05) is 13.9 Å². The molecular weight excluding hydrogens is 541 g/mol. The second-order valence-electron chi connectivity index (χ2n) is 10.5. The minimum Gasteiger partial charge on any atom is -0.507 e. The lowest BCUT2D eigenvalue weighted by atomic mass is 9.85. The van der Waals surface area contributed by atoms with Crippen LogP contribution in [0.3, 0.4) is 0 Å². The van der Waals surface area contributed by atoms with Crippen molar-refractivity contribution in [2.24, 2.45) is 0 Å².